The van der Waals surface area contributed by atoms with Crippen LogP contribution in [0.15, 0.2) is 0 Å². The molecule has 6 heteroatoms. The average molecular weight is 243 g/mol. The van der Waals surface area contributed by atoms with E-state index in [-0.39, 0.29) is 30.8 Å². The van der Waals surface area contributed by atoms with E-state index in [1.54, 1.807) is 0 Å². The van der Waals surface area contributed by atoms with Crippen molar-refractivity contribution in [3.63, 3.8) is 0 Å². The van der Waals surface area contributed by atoms with E-state index in [1.807, 2.05) is 0 Å². The molecule has 1 amide bonds. The third-order valence-corrected chi connectivity index (χ3v) is 3.01. The SMILES string of the molecule is COC(=O)CCNC(=O)[C@@H]1CC[C@H](C(=O)O)C1. The number of hydrogen-bond donors (Lipinski definition) is 2. The number of nitrogens with one attached hydrogen (secondary N) is 1. The molecule has 0 saturated heterocycles. The fourth-order valence-corrected chi connectivity index (χ4v) is 1.98. The van der Waals surface area contributed by atoms with Crippen LogP contribution in [0.4, 0.5) is 0 Å². The monoisotopic (exact) mass is 243 g/mol. The quantitative estimate of drug-likeness (QED) is 0.671. The molecule has 1 aliphatic rings. The van der Waals surface area contributed by atoms with Gasteiger partial charge in [-0.2, -0.15) is 0 Å². The maximum absolute atomic E-state index is 11.6. The van der Waals surface area contributed by atoms with E-state index < -0.39 is 11.9 Å². The van der Waals surface area contributed by atoms with Crippen molar-refractivity contribution < 1.29 is 24.2 Å². The number of carbonyl (C=O) groups is 3. The second kappa shape index (κ2) is 6.22. The molecule has 17 heavy (non-hydrogen) atoms. The number of carbonyl (C=O) groups excluding carboxylic acids is 2. The highest BCUT2D eigenvalue weighted by Gasteiger charge is 2.33. The van der Waals surface area contributed by atoms with Gasteiger partial charge in [-0.3, -0.25) is 14.4 Å². The molecular weight excluding hydrogens is 226 g/mol. The van der Waals surface area contributed by atoms with Crippen LogP contribution in [0.5, 0.6) is 0 Å². The number of rotatable bonds is 5. The van der Waals surface area contributed by atoms with Gasteiger partial charge < -0.3 is 15.2 Å². The molecular formula is C11H17NO5. The van der Waals surface area contributed by atoms with Crippen molar-refractivity contribution in [2.24, 2.45) is 11.8 Å². The fraction of sp³-hybridized carbons (Fsp3) is 0.727. The lowest BCUT2D eigenvalue weighted by molar-refractivity contribution is -0.142. The van der Waals surface area contributed by atoms with Crippen LogP contribution in [0.2, 0.25) is 0 Å². The van der Waals surface area contributed by atoms with Gasteiger partial charge >= 0.3 is 11.9 Å². The van der Waals surface area contributed by atoms with E-state index in [2.05, 4.69) is 10.1 Å². The minimum atomic E-state index is -0.838. The van der Waals surface area contributed by atoms with Crippen molar-refractivity contribution in [3.8, 4) is 0 Å². The summed E-state index contributed by atoms with van der Waals surface area (Å²) in [5.41, 5.74) is 0. The normalized spacial score (nSPS) is 23.1. The van der Waals surface area contributed by atoms with Gasteiger partial charge in [0, 0.05) is 12.5 Å². The zero-order chi connectivity index (χ0) is 12.8. The third-order valence-electron chi connectivity index (χ3n) is 3.01. The maximum atomic E-state index is 11.6. The molecule has 0 spiro atoms. The van der Waals surface area contributed by atoms with Crippen LogP contribution in [-0.4, -0.2) is 36.6 Å². The minimum absolute atomic E-state index is 0.136. The molecule has 0 unspecified atom stereocenters. The molecule has 0 bridgehead atoms. The number of methoxy groups -OCH3 is 1. The lowest BCUT2D eigenvalue weighted by Gasteiger charge is -2.10. The zero-order valence-electron chi connectivity index (χ0n) is 9.77. The number of amides is 1. The van der Waals surface area contributed by atoms with E-state index in [9.17, 15) is 14.4 Å². The Labute approximate surface area is 99.3 Å². The van der Waals surface area contributed by atoms with Gasteiger partial charge in [0.2, 0.25) is 5.91 Å². The van der Waals surface area contributed by atoms with Gasteiger partial charge in [0.25, 0.3) is 0 Å². The first-order valence-corrected chi connectivity index (χ1v) is 5.62. The lowest BCUT2D eigenvalue weighted by Crippen LogP contribution is -2.31. The molecule has 1 rings (SSSR count). The second-order valence-corrected chi connectivity index (χ2v) is 4.16. The summed E-state index contributed by atoms with van der Waals surface area (Å²) in [6.07, 6.45) is 1.67. The Hall–Kier alpha value is -1.59. The van der Waals surface area contributed by atoms with Crippen molar-refractivity contribution in [1.29, 1.82) is 0 Å². The molecule has 0 radical (unpaired) electrons. The third kappa shape index (κ3) is 4.05. The van der Waals surface area contributed by atoms with Crippen LogP contribution >= 0.6 is 0 Å². The Morgan fingerprint density at radius 2 is 1.94 bits per heavy atom. The molecule has 0 heterocycles. The zero-order valence-corrected chi connectivity index (χ0v) is 9.77. The predicted octanol–water partition coefficient (Wildman–Crippen LogP) is 0.167. The highest BCUT2D eigenvalue weighted by molar-refractivity contribution is 5.81. The van der Waals surface area contributed by atoms with Gasteiger partial charge in [-0.15, -0.1) is 0 Å². The number of carboxylic acids is 1. The van der Waals surface area contributed by atoms with Crippen molar-refractivity contribution >= 4 is 17.8 Å². The molecule has 0 aromatic heterocycles. The number of aliphatic carboxylic acids is 1. The maximum Gasteiger partial charge on any atom is 0.307 e. The molecule has 96 valence electrons. The molecule has 6 nitrogen and oxygen atoms in total. The summed E-state index contributed by atoms with van der Waals surface area (Å²) >= 11 is 0. The summed E-state index contributed by atoms with van der Waals surface area (Å²) in [4.78, 5) is 33.2. The Morgan fingerprint density at radius 3 is 2.47 bits per heavy atom. The summed E-state index contributed by atoms with van der Waals surface area (Å²) in [7, 11) is 1.29. The standard InChI is InChI=1S/C11H17NO5/c1-17-9(13)4-5-12-10(14)7-2-3-8(6-7)11(15)16/h7-8H,2-6H2,1H3,(H,12,14)(H,15,16)/t7-,8+/m1/s1. The number of ether oxygens (including phenoxy) is 1. The molecule has 0 aromatic rings. The molecule has 1 fully saturated rings. The first kappa shape index (κ1) is 13.5. The number of esters is 1. The second-order valence-electron chi connectivity index (χ2n) is 4.16. The van der Waals surface area contributed by atoms with Crippen LogP contribution < -0.4 is 5.32 Å². The fourth-order valence-electron chi connectivity index (χ4n) is 1.98. The molecule has 2 N–H and O–H groups in total. The topological polar surface area (TPSA) is 92.7 Å². The van der Waals surface area contributed by atoms with Gasteiger partial charge in [-0.1, -0.05) is 0 Å². The highest BCUT2D eigenvalue weighted by Crippen LogP contribution is 2.30. The van der Waals surface area contributed by atoms with E-state index in [0.29, 0.717) is 19.3 Å². The largest absolute Gasteiger partial charge is 0.481 e. The van der Waals surface area contributed by atoms with E-state index >= 15 is 0 Å². The van der Waals surface area contributed by atoms with Crippen molar-refractivity contribution in [1.82, 2.24) is 5.32 Å². The summed E-state index contributed by atoms with van der Waals surface area (Å²) in [5, 5.41) is 11.4. The van der Waals surface area contributed by atoms with Crippen LogP contribution in [0.25, 0.3) is 0 Å². The van der Waals surface area contributed by atoms with E-state index in [0.717, 1.165) is 0 Å². The van der Waals surface area contributed by atoms with E-state index in [4.69, 9.17) is 5.11 Å². The van der Waals surface area contributed by atoms with Crippen molar-refractivity contribution in [2.45, 2.75) is 25.7 Å². The summed E-state index contributed by atoms with van der Waals surface area (Å²) in [6, 6.07) is 0. The molecule has 2 atom stereocenters. The summed E-state index contributed by atoms with van der Waals surface area (Å²) < 4.78 is 4.44. The molecule has 1 saturated carbocycles. The summed E-state index contributed by atoms with van der Waals surface area (Å²) in [5.74, 6) is -2.03. The van der Waals surface area contributed by atoms with Crippen molar-refractivity contribution in [2.75, 3.05) is 13.7 Å². The average Bonchev–Trinajstić information content (AvgIpc) is 2.78. The van der Waals surface area contributed by atoms with Gasteiger partial charge in [0.05, 0.1) is 19.4 Å². The van der Waals surface area contributed by atoms with Crippen LogP contribution in [0.1, 0.15) is 25.7 Å². The van der Waals surface area contributed by atoms with Crippen LogP contribution in [-0.2, 0) is 19.1 Å². The van der Waals surface area contributed by atoms with Crippen LogP contribution in [0.3, 0.4) is 0 Å². The Bertz CT molecular complexity index is 315. The summed E-state index contributed by atoms with van der Waals surface area (Å²) in [6.45, 7) is 0.236. The smallest absolute Gasteiger partial charge is 0.307 e. The first-order valence-electron chi connectivity index (χ1n) is 5.62. The lowest BCUT2D eigenvalue weighted by atomic mass is 10.0. The first-order chi connectivity index (χ1) is 8.04. The van der Waals surface area contributed by atoms with Gasteiger partial charge in [-0.25, -0.2) is 0 Å². The molecule has 0 aromatic carbocycles. The Balaban J connectivity index is 2.25. The molecule has 0 aliphatic heterocycles. The van der Waals surface area contributed by atoms with Gasteiger partial charge in [0.15, 0.2) is 0 Å². The van der Waals surface area contributed by atoms with Gasteiger partial charge in [-0.05, 0) is 19.3 Å². The minimum Gasteiger partial charge on any atom is -0.481 e. The Kier molecular flexibility index (Phi) is 4.93. The molecule has 1 aliphatic carbocycles. The van der Waals surface area contributed by atoms with Crippen molar-refractivity contribution in [3.05, 3.63) is 0 Å². The predicted molar refractivity (Wildman–Crippen MR) is 58.1 cm³/mol. The Morgan fingerprint density at radius 1 is 1.29 bits per heavy atom. The van der Waals surface area contributed by atoms with Crippen LogP contribution in [0, 0.1) is 11.8 Å². The number of hydrogen-bond acceptors (Lipinski definition) is 4. The van der Waals surface area contributed by atoms with E-state index in [1.165, 1.54) is 7.11 Å². The van der Waals surface area contributed by atoms with Gasteiger partial charge in [0.1, 0.15) is 0 Å². The highest BCUT2D eigenvalue weighted by atomic mass is 16.5. The number of carboxylic acid groups (broad SMARTS) is 1.